The third-order valence-electron chi connectivity index (χ3n) is 2.93. The summed E-state index contributed by atoms with van der Waals surface area (Å²) >= 11 is 0. The van der Waals surface area contributed by atoms with Crippen LogP contribution in [0.1, 0.15) is 19.4 Å². The Bertz CT molecular complexity index is 675. The van der Waals surface area contributed by atoms with Gasteiger partial charge in [0.15, 0.2) is 6.61 Å². The lowest BCUT2D eigenvalue weighted by atomic mass is 10.1. The van der Waals surface area contributed by atoms with Crippen LogP contribution in [0.25, 0.3) is 11.0 Å². The van der Waals surface area contributed by atoms with Gasteiger partial charge in [-0.25, -0.2) is 4.79 Å². The minimum atomic E-state index is -0.494. The van der Waals surface area contributed by atoms with Crippen molar-refractivity contribution in [2.24, 2.45) is 0 Å². The Hall–Kier alpha value is -2.57. The molecule has 2 aromatic rings. The van der Waals surface area contributed by atoms with E-state index < -0.39 is 10.9 Å². The highest BCUT2D eigenvalue weighted by molar-refractivity contribution is 5.85. The maximum atomic E-state index is 11.3. The first-order valence-electron chi connectivity index (χ1n) is 6.55. The molecule has 0 atom stereocenters. The molecule has 1 aromatic carbocycles. The number of benzene rings is 1. The summed E-state index contributed by atoms with van der Waals surface area (Å²) in [6, 6.07) is 4.32. The topological polar surface area (TPSA) is 91.8 Å². The quantitative estimate of drug-likeness (QED) is 0.462. The molecular weight excluding hydrogens is 278 g/mol. The molecule has 7 nitrogen and oxygen atoms in total. The molecule has 0 saturated heterocycles. The Morgan fingerprint density at radius 3 is 2.76 bits per heavy atom. The van der Waals surface area contributed by atoms with Crippen LogP contribution in [0.2, 0.25) is 0 Å². The first-order chi connectivity index (χ1) is 10.1. The monoisotopic (exact) mass is 293 g/mol. The molecule has 0 radical (unpaired) electrons. The first-order valence-corrected chi connectivity index (χ1v) is 6.55. The molecule has 0 N–H and O–H groups in total. The number of carbonyl (C=O) groups excluding carboxylic acids is 1. The SMILES string of the molecule is CCOC(=O)COc1oc2ccc([N+](=O)[O-])cc2c1CC. The number of nitro groups is 1. The average Bonchev–Trinajstić information content (AvgIpc) is 2.81. The summed E-state index contributed by atoms with van der Waals surface area (Å²) < 4.78 is 15.6. The van der Waals surface area contributed by atoms with Gasteiger partial charge in [0, 0.05) is 23.1 Å². The van der Waals surface area contributed by atoms with E-state index in [2.05, 4.69) is 0 Å². The zero-order valence-corrected chi connectivity index (χ0v) is 11.8. The Balaban J connectivity index is 2.31. The maximum Gasteiger partial charge on any atom is 0.344 e. The van der Waals surface area contributed by atoms with Crippen LogP contribution in [0.5, 0.6) is 5.95 Å². The van der Waals surface area contributed by atoms with E-state index in [0.29, 0.717) is 23.0 Å². The van der Waals surface area contributed by atoms with Gasteiger partial charge in [-0.05, 0) is 19.4 Å². The van der Waals surface area contributed by atoms with Gasteiger partial charge in [0.2, 0.25) is 0 Å². The number of esters is 1. The first kappa shape index (κ1) is 14.8. The van der Waals surface area contributed by atoms with E-state index in [0.717, 1.165) is 0 Å². The van der Waals surface area contributed by atoms with E-state index in [1.54, 1.807) is 6.92 Å². The number of fused-ring (bicyclic) bond motifs is 1. The summed E-state index contributed by atoms with van der Waals surface area (Å²) in [5.41, 5.74) is 1.16. The van der Waals surface area contributed by atoms with Gasteiger partial charge in [0.05, 0.1) is 11.5 Å². The summed E-state index contributed by atoms with van der Waals surface area (Å²) in [7, 11) is 0. The molecule has 0 spiro atoms. The molecule has 21 heavy (non-hydrogen) atoms. The number of nitrogens with zero attached hydrogens (tertiary/aromatic N) is 1. The molecular formula is C14H15NO6. The number of nitro benzene ring substituents is 1. The molecule has 0 unspecified atom stereocenters. The molecule has 0 amide bonds. The van der Waals surface area contributed by atoms with Crippen molar-refractivity contribution in [1.29, 1.82) is 0 Å². The van der Waals surface area contributed by atoms with Gasteiger partial charge >= 0.3 is 5.97 Å². The number of non-ortho nitro benzene ring substituents is 1. The fourth-order valence-corrected chi connectivity index (χ4v) is 2.01. The second kappa shape index (κ2) is 6.25. The number of carbonyl (C=O) groups is 1. The molecule has 0 aliphatic rings. The van der Waals surface area contributed by atoms with Crippen LogP contribution in [-0.4, -0.2) is 24.1 Å². The molecule has 1 heterocycles. The third kappa shape index (κ3) is 3.13. The zero-order valence-electron chi connectivity index (χ0n) is 11.8. The van der Waals surface area contributed by atoms with E-state index in [1.165, 1.54) is 18.2 Å². The molecule has 0 aliphatic carbocycles. The Kier molecular flexibility index (Phi) is 4.42. The highest BCUT2D eigenvalue weighted by Crippen LogP contribution is 2.34. The van der Waals surface area contributed by atoms with Crippen LogP contribution in [0.4, 0.5) is 5.69 Å². The Morgan fingerprint density at radius 1 is 1.38 bits per heavy atom. The second-order valence-electron chi connectivity index (χ2n) is 4.25. The average molecular weight is 293 g/mol. The molecule has 0 aliphatic heterocycles. The third-order valence-corrected chi connectivity index (χ3v) is 2.93. The summed E-state index contributed by atoms with van der Waals surface area (Å²) in [5.74, 6) is -0.299. The van der Waals surface area contributed by atoms with E-state index in [4.69, 9.17) is 13.9 Å². The largest absolute Gasteiger partial charge is 0.463 e. The van der Waals surface area contributed by atoms with Gasteiger partial charge in [0.25, 0.3) is 11.6 Å². The standard InChI is InChI=1S/C14H15NO6/c1-3-10-11-7-9(15(17)18)5-6-12(11)21-14(10)20-8-13(16)19-4-2/h5-7H,3-4,8H2,1-2H3. The molecule has 1 aromatic heterocycles. The predicted molar refractivity (Wildman–Crippen MR) is 74.4 cm³/mol. The number of aryl methyl sites for hydroxylation is 1. The molecule has 2 rings (SSSR count). The number of hydrogen-bond donors (Lipinski definition) is 0. The fraction of sp³-hybridized carbons (Fsp3) is 0.357. The van der Waals surface area contributed by atoms with Gasteiger partial charge < -0.3 is 13.9 Å². The van der Waals surface area contributed by atoms with E-state index in [-0.39, 0.29) is 24.8 Å². The van der Waals surface area contributed by atoms with Gasteiger partial charge in [0.1, 0.15) is 5.58 Å². The maximum absolute atomic E-state index is 11.3. The lowest BCUT2D eigenvalue weighted by molar-refractivity contribution is -0.384. The van der Waals surface area contributed by atoms with Gasteiger partial charge in [-0.3, -0.25) is 10.1 Å². The van der Waals surface area contributed by atoms with Crippen molar-refractivity contribution in [3.8, 4) is 5.95 Å². The summed E-state index contributed by atoms with van der Waals surface area (Å²) in [4.78, 5) is 21.6. The van der Waals surface area contributed by atoms with Crippen LogP contribution in [0, 0.1) is 10.1 Å². The zero-order chi connectivity index (χ0) is 15.4. The van der Waals surface area contributed by atoms with Crippen molar-refractivity contribution in [2.45, 2.75) is 20.3 Å². The molecule has 0 saturated carbocycles. The van der Waals surface area contributed by atoms with Crippen LogP contribution >= 0.6 is 0 Å². The fourth-order valence-electron chi connectivity index (χ4n) is 2.01. The molecule has 7 heteroatoms. The van der Waals surface area contributed by atoms with Crippen molar-refractivity contribution >= 4 is 22.6 Å². The van der Waals surface area contributed by atoms with Crippen molar-refractivity contribution in [3.63, 3.8) is 0 Å². The minimum absolute atomic E-state index is 0.0186. The predicted octanol–water partition coefficient (Wildman–Crippen LogP) is 2.85. The highest BCUT2D eigenvalue weighted by Gasteiger charge is 2.18. The van der Waals surface area contributed by atoms with Gasteiger partial charge in [-0.1, -0.05) is 6.92 Å². The summed E-state index contributed by atoms with van der Waals surface area (Å²) in [5, 5.41) is 11.4. The van der Waals surface area contributed by atoms with Crippen LogP contribution in [-0.2, 0) is 16.0 Å². The normalized spacial score (nSPS) is 10.6. The van der Waals surface area contributed by atoms with Crippen LogP contribution in [0.15, 0.2) is 22.6 Å². The van der Waals surface area contributed by atoms with Crippen LogP contribution < -0.4 is 4.74 Å². The van der Waals surface area contributed by atoms with Crippen molar-refractivity contribution in [3.05, 3.63) is 33.9 Å². The minimum Gasteiger partial charge on any atom is -0.463 e. The van der Waals surface area contributed by atoms with Crippen LogP contribution in [0.3, 0.4) is 0 Å². The van der Waals surface area contributed by atoms with E-state index >= 15 is 0 Å². The van der Waals surface area contributed by atoms with Crippen molar-refractivity contribution in [1.82, 2.24) is 0 Å². The van der Waals surface area contributed by atoms with E-state index in [1.807, 2.05) is 6.92 Å². The lowest BCUT2D eigenvalue weighted by Crippen LogP contribution is -2.14. The van der Waals surface area contributed by atoms with E-state index in [9.17, 15) is 14.9 Å². The number of rotatable bonds is 6. The van der Waals surface area contributed by atoms with Crippen molar-refractivity contribution in [2.75, 3.05) is 13.2 Å². The Morgan fingerprint density at radius 2 is 2.14 bits per heavy atom. The summed E-state index contributed by atoms with van der Waals surface area (Å²) in [6.45, 7) is 3.59. The Labute approximate surface area is 120 Å². The molecule has 0 fully saturated rings. The smallest absolute Gasteiger partial charge is 0.344 e. The highest BCUT2D eigenvalue weighted by atomic mass is 16.6. The number of ether oxygens (including phenoxy) is 2. The second-order valence-corrected chi connectivity index (χ2v) is 4.25. The summed E-state index contributed by atoms with van der Waals surface area (Å²) in [6.07, 6.45) is 0.562. The van der Waals surface area contributed by atoms with Gasteiger partial charge in [-0.15, -0.1) is 0 Å². The van der Waals surface area contributed by atoms with Gasteiger partial charge in [-0.2, -0.15) is 0 Å². The molecule has 112 valence electrons. The lowest BCUT2D eigenvalue weighted by Gasteiger charge is -2.04. The van der Waals surface area contributed by atoms with Crippen molar-refractivity contribution < 1.29 is 23.6 Å². The number of furan rings is 1. The molecule has 0 bridgehead atoms. The number of hydrogen-bond acceptors (Lipinski definition) is 6.